The third-order valence-corrected chi connectivity index (χ3v) is 3.74. The minimum absolute atomic E-state index is 0.169. The molecule has 0 amide bonds. The van der Waals surface area contributed by atoms with E-state index >= 15 is 0 Å². The van der Waals surface area contributed by atoms with Crippen LogP contribution in [0.15, 0.2) is 39.2 Å². The van der Waals surface area contributed by atoms with Crippen LogP contribution in [0.1, 0.15) is 35.6 Å². The number of halogens is 1. The van der Waals surface area contributed by atoms with E-state index in [9.17, 15) is 0 Å². The molecule has 0 fully saturated rings. The molecule has 1 aromatic carbocycles. The van der Waals surface area contributed by atoms with Gasteiger partial charge in [0.05, 0.1) is 6.04 Å². The number of nitrogens with one attached hydrogen (secondary N) is 1. The summed E-state index contributed by atoms with van der Waals surface area (Å²) in [5.41, 5.74) is 2.45. The molecule has 1 heterocycles. The van der Waals surface area contributed by atoms with E-state index in [0.29, 0.717) is 0 Å². The highest BCUT2D eigenvalue weighted by Gasteiger charge is 2.19. The van der Waals surface area contributed by atoms with Gasteiger partial charge in [-0.3, -0.25) is 0 Å². The summed E-state index contributed by atoms with van der Waals surface area (Å²) < 4.78 is 6.77. The van der Waals surface area contributed by atoms with Gasteiger partial charge in [-0.1, -0.05) is 41.1 Å². The third kappa shape index (κ3) is 2.68. The van der Waals surface area contributed by atoms with Gasteiger partial charge in [0.25, 0.3) is 0 Å². The molecule has 0 saturated carbocycles. The van der Waals surface area contributed by atoms with Crippen LogP contribution in [0, 0.1) is 13.8 Å². The van der Waals surface area contributed by atoms with Gasteiger partial charge in [0.15, 0.2) is 0 Å². The zero-order valence-corrected chi connectivity index (χ0v) is 12.5. The van der Waals surface area contributed by atoms with Crippen LogP contribution in [0.4, 0.5) is 0 Å². The number of hydrogen-bond donors (Lipinski definition) is 1. The molecule has 1 aromatic heterocycles. The van der Waals surface area contributed by atoms with Crippen LogP contribution < -0.4 is 5.32 Å². The van der Waals surface area contributed by atoms with E-state index in [-0.39, 0.29) is 6.04 Å². The maximum atomic E-state index is 5.65. The van der Waals surface area contributed by atoms with Crippen molar-refractivity contribution in [2.24, 2.45) is 0 Å². The first kappa shape index (κ1) is 13.4. The van der Waals surface area contributed by atoms with E-state index in [1.807, 2.05) is 19.9 Å². The summed E-state index contributed by atoms with van der Waals surface area (Å²) in [5.74, 6) is 1.94. The largest absolute Gasteiger partial charge is 0.466 e. The minimum atomic E-state index is 0.169. The monoisotopic (exact) mass is 307 g/mol. The van der Waals surface area contributed by atoms with Crippen molar-refractivity contribution in [2.45, 2.75) is 26.8 Å². The van der Waals surface area contributed by atoms with E-state index in [0.717, 1.165) is 22.5 Å². The topological polar surface area (TPSA) is 25.2 Å². The lowest BCUT2D eigenvalue weighted by Gasteiger charge is -2.19. The van der Waals surface area contributed by atoms with Crippen molar-refractivity contribution in [1.29, 1.82) is 0 Å². The van der Waals surface area contributed by atoms with Gasteiger partial charge in [-0.25, -0.2) is 0 Å². The second-order valence-corrected chi connectivity index (χ2v) is 5.24. The number of furan rings is 1. The van der Waals surface area contributed by atoms with Crippen molar-refractivity contribution in [3.8, 4) is 0 Å². The summed E-state index contributed by atoms with van der Waals surface area (Å²) in [6, 6.07) is 10.6. The first-order chi connectivity index (χ1) is 8.63. The van der Waals surface area contributed by atoms with E-state index in [4.69, 9.17) is 4.42 Å². The van der Waals surface area contributed by atoms with Gasteiger partial charge in [0, 0.05) is 10.0 Å². The average molecular weight is 308 g/mol. The molecule has 0 radical (unpaired) electrons. The van der Waals surface area contributed by atoms with Crippen molar-refractivity contribution in [2.75, 3.05) is 6.54 Å². The quantitative estimate of drug-likeness (QED) is 0.908. The number of hydrogen-bond acceptors (Lipinski definition) is 2. The maximum Gasteiger partial charge on any atom is 0.106 e. The smallest absolute Gasteiger partial charge is 0.106 e. The molecule has 0 bridgehead atoms. The molecule has 0 aliphatic rings. The van der Waals surface area contributed by atoms with Crippen molar-refractivity contribution < 1.29 is 4.42 Å². The Morgan fingerprint density at radius 3 is 2.50 bits per heavy atom. The zero-order valence-electron chi connectivity index (χ0n) is 11.0. The molecule has 1 N–H and O–H groups in total. The molecular formula is C15H18BrNO. The fourth-order valence-corrected chi connectivity index (χ4v) is 2.75. The van der Waals surface area contributed by atoms with Crippen molar-refractivity contribution in [3.63, 3.8) is 0 Å². The highest BCUT2D eigenvalue weighted by atomic mass is 79.9. The van der Waals surface area contributed by atoms with Crippen LogP contribution in [-0.2, 0) is 0 Å². The Morgan fingerprint density at radius 2 is 1.94 bits per heavy atom. The first-order valence-corrected chi connectivity index (χ1v) is 6.97. The Labute approximate surface area is 117 Å². The fourth-order valence-electron chi connectivity index (χ4n) is 2.24. The number of benzene rings is 1. The van der Waals surface area contributed by atoms with Crippen LogP contribution in [0.25, 0.3) is 0 Å². The summed E-state index contributed by atoms with van der Waals surface area (Å²) in [4.78, 5) is 0. The van der Waals surface area contributed by atoms with Gasteiger partial charge >= 0.3 is 0 Å². The summed E-state index contributed by atoms with van der Waals surface area (Å²) in [6.45, 7) is 7.03. The molecular weight excluding hydrogens is 290 g/mol. The molecule has 0 spiro atoms. The average Bonchev–Trinajstić information content (AvgIpc) is 2.66. The molecule has 2 nitrogen and oxygen atoms in total. The Hall–Kier alpha value is -1.06. The van der Waals surface area contributed by atoms with Crippen molar-refractivity contribution in [3.05, 3.63) is 57.5 Å². The summed E-state index contributed by atoms with van der Waals surface area (Å²) in [5, 5.41) is 3.52. The van der Waals surface area contributed by atoms with Crippen LogP contribution in [0.3, 0.4) is 0 Å². The van der Waals surface area contributed by atoms with Gasteiger partial charge < -0.3 is 9.73 Å². The third-order valence-electron chi connectivity index (χ3n) is 3.01. The van der Waals surface area contributed by atoms with Crippen molar-refractivity contribution >= 4 is 15.9 Å². The Bertz CT molecular complexity index is 533. The van der Waals surface area contributed by atoms with E-state index in [2.05, 4.69) is 52.4 Å². The number of aryl methyl sites for hydroxylation is 2. The van der Waals surface area contributed by atoms with Gasteiger partial charge in [-0.2, -0.15) is 0 Å². The second kappa shape index (κ2) is 5.72. The predicted molar refractivity (Wildman–Crippen MR) is 77.8 cm³/mol. The lowest BCUT2D eigenvalue weighted by atomic mass is 9.99. The number of rotatable bonds is 4. The predicted octanol–water partition coefficient (Wildman–Crippen LogP) is 4.36. The lowest BCUT2D eigenvalue weighted by molar-refractivity contribution is 0.495. The Morgan fingerprint density at radius 1 is 1.22 bits per heavy atom. The summed E-state index contributed by atoms with van der Waals surface area (Å²) in [7, 11) is 0. The van der Waals surface area contributed by atoms with Gasteiger partial charge in [0.2, 0.25) is 0 Å². The molecule has 0 saturated heterocycles. The molecule has 18 heavy (non-hydrogen) atoms. The molecule has 2 aromatic rings. The van der Waals surface area contributed by atoms with Crippen LogP contribution >= 0.6 is 15.9 Å². The molecule has 3 heteroatoms. The standard InChI is InChI=1S/C15H18BrNO/c1-4-17-15(12-7-5-6-8-14(12)16)13-9-10(2)18-11(13)3/h5-9,15,17H,4H2,1-3H3. The SMILES string of the molecule is CCNC(c1ccccc1Br)c1cc(C)oc1C. The van der Waals surface area contributed by atoms with E-state index in [1.54, 1.807) is 0 Å². The molecule has 1 atom stereocenters. The zero-order chi connectivity index (χ0) is 13.1. The molecule has 1 unspecified atom stereocenters. The second-order valence-electron chi connectivity index (χ2n) is 4.38. The molecule has 0 aliphatic carbocycles. The van der Waals surface area contributed by atoms with Gasteiger partial charge in [-0.05, 0) is 38.1 Å². The fraction of sp³-hybridized carbons (Fsp3) is 0.333. The van der Waals surface area contributed by atoms with E-state index in [1.165, 1.54) is 11.1 Å². The van der Waals surface area contributed by atoms with Crippen LogP contribution in [0.2, 0.25) is 0 Å². The summed E-state index contributed by atoms with van der Waals surface area (Å²) >= 11 is 3.62. The Balaban J connectivity index is 2.46. The summed E-state index contributed by atoms with van der Waals surface area (Å²) in [6.07, 6.45) is 0. The highest BCUT2D eigenvalue weighted by molar-refractivity contribution is 9.10. The normalized spacial score (nSPS) is 12.7. The van der Waals surface area contributed by atoms with Crippen LogP contribution in [-0.4, -0.2) is 6.54 Å². The van der Waals surface area contributed by atoms with E-state index < -0.39 is 0 Å². The minimum Gasteiger partial charge on any atom is -0.466 e. The molecule has 96 valence electrons. The highest BCUT2D eigenvalue weighted by Crippen LogP contribution is 2.31. The Kier molecular flexibility index (Phi) is 4.25. The van der Waals surface area contributed by atoms with Crippen molar-refractivity contribution in [1.82, 2.24) is 5.32 Å². The lowest BCUT2D eigenvalue weighted by Crippen LogP contribution is -2.22. The van der Waals surface area contributed by atoms with Gasteiger partial charge in [-0.15, -0.1) is 0 Å². The molecule has 2 rings (SSSR count). The molecule has 0 aliphatic heterocycles. The maximum absolute atomic E-state index is 5.65. The van der Waals surface area contributed by atoms with Gasteiger partial charge in [0.1, 0.15) is 11.5 Å². The van der Waals surface area contributed by atoms with Crippen LogP contribution in [0.5, 0.6) is 0 Å². The first-order valence-electron chi connectivity index (χ1n) is 6.18.